The summed E-state index contributed by atoms with van der Waals surface area (Å²) in [6, 6.07) is 6.42. The normalized spacial score (nSPS) is 12.4. The highest BCUT2D eigenvalue weighted by atomic mass is 16.5. The Morgan fingerprint density at radius 1 is 1.30 bits per heavy atom. The van der Waals surface area contributed by atoms with Crippen LogP contribution in [-0.4, -0.2) is 19.1 Å². The second-order valence-electron chi connectivity index (χ2n) is 7.09. The minimum Gasteiger partial charge on any atom is -0.465 e. The number of hydrogen-bond acceptors (Lipinski definition) is 3. The van der Waals surface area contributed by atoms with E-state index < -0.39 is 5.41 Å². The fraction of sp³-hybridized carbons (Fsp3) is 0.611. The first-order valence-electron chi connectivity index (χ1n) is 7.98. The third-order valence-electron chi connectivity index (χ3n) is 3.88. The Labute approximate surface area is 138 Å². The molecule has 0 saturated carbocycles. The maximum Gasteiger partial charge on any atom is 0.311 e. The minimum atomic E-state index is -0.517. The third kappa shape index (κ3) is 6.74. The van der Waals surface area contributed by atoms with Gasteiger partial charge in [-0.15, -0.1) is 0 Å². The van der Waals surface area contributed by atoms with E-state index in [0.717, 1.165) is 12.8 Å². The van der Waals surface area contributed by atoms with E-state index in [0.29, 0.717) is 13.2 Å². The molecular formula is C18H27N3O2. The molecule has 0 aliphatic carbocycles. The van der Waals surface area contributed by atoms with Crippen molar-refractivity contribution in [1.29, 1.82) is 0 Å². The largest absolute Gasteiger partial charge is 0.465 e. The number of hydrogen-bond donors (Lipinski definition) is 0. The second-order valence-corrected chi connectivity index (χ2v) is 7.09. The van der Waals surface area contributed by atoms with Crippen molar-refractivity contribution in [1.82, 2.24) is 0 Å². The molecule has 0 radical (unpaired) electrons. The highest BCUT2D eigenvalue weighted by molar-refractivity contribution is 5.75. The summed E-state index contributed by atoms with van der Waals surface area (Å²) in [6.45, 7) is 10.3. The van der Waals surface area contributed by atoms with Gasteiger partial charge in [0.25, 0.3) is 0 Å². The number of benzene rings is 1. The predicted octanol–water partition coefficient (Wildman–Crippen LogP) is 4.75. The van der Waals surface area contributed by atoms with Gasteiger partial charge in [0, 0.05) is 11.5 Å². The van der Waals surface area contributed by atoms with Crippen LogP contribution in [0.3, 0.4) is 0 Å². The molecule has 0 saturated heterocycles. The lowest BCUT2D eigenvalue weighted by Gasteiger charge is -2.20. The topological polar surface area (TPSA) is 75.1 Å². The molecule has 0 aromatic heterocycles. The van der Waals surface area contributed by atoms with Gasteiger partial charge in [0.2, 0.25) is 0 Å². The van der Waals surface area contributed by atoms with E-state index >= 15 is 0 Å². The van der Waals surface area contributed by atoms with Crippen LogP contribution < -0.4 is 0 Å². The number of esters is 1. The number of nitrogens with zero attached hydrogens (tertiary/aromatic N) is 3. The molecule has 0 amide bonds. The zero-order chi connectivity index (χ0) is 17.5. The molecule has 1 unspecified atom stereocenters. The average molecular weight is 317 g/mol. The molecule has 1 atom stereocenters. The zero-order valence-electron chi connectivity index (χ0n) is 14.8. The quantitative estimate of drug-likeness (QED) is 0.315. The molecular weight excluding hydrogens is 290 g/mol. The van der Waals surface area contributed by atoms with Gasteiger partial charge in [0.15, 0.2) is 0 Å². The van der Waals surface area contributed by atoms with Crippen LogP contribution in [0.15, 0.2) is 23.3 Å². The standard InChI is InChI=1S/C18H27N3O2/c1-13-6-7-15(10-14(13)2)8-9-16(11-20-21-19)12-23-17(22)18(3,4)5/h6-7,10,16H,8-9,11-12H2,1-5H3. The smallest absolute Gasteiger partial charge is 0.311 e. The molecule has 5 nitrogen and oxygen atoms in total. The van der Waals surface area contributed by atoms with Gasteiger partial charge in [0.1, 0.15) is 0 Å². The third-order valence-corrected chi connectivity index (χ3v) is 3.88. The Bertz CT molecular complexity index is 584. The summed E-state index contributed by atoms with van der Waals surface area (Å²) in [4.78, 5) is 14.7. The Hall–Kier alpha value is -2.00. The van der Waals surface area contributed by atoms with Gasteiger partial charge < -0.3 is 4.74 Å². The lowest BCUT2D eigenvalue weighted by molar-refractivity contribution is -0.154. The molecule has 0 N–H and O–H groups in total. The summed E-state index contributed by atoms with van der Waals surface area (Å²) >= 11 is 0. The molecule has 5 heteroatoms. The van der Waals surface area contributed by atoms with Crippen molar-refractivity contribution in [3.63, 3.8) is 0 Å². The molecule has 0 aliphatic heterocycles. The molecule has 1 aromatic carbocycles. The second kappa shape index (κ2) is 8.59. The first-order valence-corrected chi connectivity index (χ1v) is 7.98. The van der Waals surface area contributed by atoms with Crippen molar-refractivity contribution in [3.8, 4) is 0 Å². The van der Waals surface area contributed by atoms with E-state index in [9.17, 15) is 4.79 Å². The lowest BCUT2D eigenvalue weighted by atomic mass is 9.96. The van der Waals surface area contributed by atoms with Gasteiger partial charge in [-0.1, -0.05) is 23.3 Å². The molecule has 126 valence electrons. The van der Waals surface area contributed by atoms with Crippen molar-refractivity contribution in [2.45, 2.75) is 47.5 Å². The Morgan fingerprint density at radius 3 is 2.57 bits per heavy atom. The van der Waals surface area contributed by atoms with Crippen molar-refractivity contribution in [3.05, 3.63) is 45.3 Å². The fourth-order valence-electron chi connectivity index (χ4n) is 2.12. The van der Waals surface area contributed by atoms with E-state index in [-0.39, 0.29) is 11.9 Å². The molecule has 0 spiro atoms. The van der Waals surface area contributed by atoms with E-state index in [1.54, 1.807) is 0 Å². The summed E-state index contributed by atoms with van der Waals surface area (Å²) in [5.74, 6) is -0.187. The number of ether oxygens (including phenoxy) is 1. The molecule has 0 heterocycles. The van der Waals surface area contributed by atoms with Crippen LogP contribution in [0.25, 0.3) is 10.4 Å². The van der Waals surface area contributed by atoms with Gasteiger partial charge in [0.05, 0.1) is 12.0 Å². The minimum absolute atomic E-state index is 0.0406. The SMILES string of the molecule is Cc1ccc(CCC(CN=[N+]=[N-])COC(=O)C(C)(C)C)cc1C. The molecule has 23 heavy (non-hydrogen) atoms. The highest BCUT2D eigenvalue weighted by Crippen LogP contribution is 2.18. The monoisotopic (exact) mass is 317 g/mol. The maximum absolute atomic E-state index is 11.9. The number of carbonyl (C=O) groups is 1. The van der Waals surface area contributed by atoms with Crippen LogP contribution in [0.4, 0.5) is 0 Å². The van der Waals surface area contributed by atoms with Crippen molar-refractivity contribution >= 4 is 5.97 Å². The Morgan fingerprint density at radius 2 is 2.00 bits per heavy atom. The van der Waals surface area contributed by atoms with Gasteiger partial charge in [-0.05, 0) is 75.6 Å². The van der Waals surface area contributed by atoms with E-state index in [2.05, 4.69) is 42.1 Å². The summed E-state index contributed by atoms with van der Waals surface area (Å²) in [6.07, 6.45) is 1.69. The Kier molecular flexibility index (Phi) is 7.11. The summed E-state index contributed by atoms with van der Waals surface area (Å²) < 4.78 is 5.37. The van der Waals surface area contributed by atoms with E-state index in [1.165, 1.54) is 16.7 Å². The lowest BCUT2D eigenvalue weighted by Crippen LogP contribution is -2.26. The molecule has 0 bridgehead atoms. The molecule has 0 aliphatic rings. The summed E-state index contributed by atoms with van der Waals surface area (Å²) in [7, 11) is 0. The van der Waals surface area contributed by atoms with Crippen molar-refractivity contribution in [2.75, 3.05) is 13.2 Å². The molecule has 1 aromatic rings. The van der Waals surface area contributed by atoms with Gasteiger partial charge in [-0.2, -0.15) is 0 Å². The van der Waals surface area contributed by atoms with Gasteiger partial charge in [-0.3, -0.25) is 4.79 Å². The number of aryl methyl sites for hydroxylation is 3. The maximum atomic E-state index is 11.9. The summed E-state index contributed by atoms with van der Waals surface area (Å²) in [5, 5.41) is 3.65. The van der Waals surface area contributed by atoms with Crippen molar-refractivity contribution in [2.24, 2.45) is 16.4 Å². The first-order chi connectivity index (χ1) is 10.7. The zero-order valence-corrected chi connectivity index (χ0v) is 14.8. The van der Waals surface area contributed by atoms with Crippen LogP contribution in [0.5, 0.6) is 0 Å². The number of carbonyl (C=O) groups excluding carboxylic acids is 1. The number of rotatable bonds is 7. The van der Waals surface area contributed by atoms with Crippen LogP contribution >= 0.6 is 0 Å². The van der Waals surface area contributed by atoms with Crippen LogP contribution in [-0.2, 0) is 16.0 Å². The van der Waals surface area contributed by atoms with Crippen LogP contribution in [0.2, 0.25) is 0 Å². The predicted molar refractivity (Wildman–Crippen MR) is 92.2 cm³/mol. The van der Waals surface area contributed by atoms with Gasteiger partial charge in [-0.25, -0.2) is 0 Å². The number of azide groups is 1. The van der Waals surface area contributed by atoms with Crippen LogP contribution in [0.1, 0.15) is 43.9 Å². The first kappa shape index (κ1) is 19.0. The van der Waals surface area contributed by atoms with E-state index in [4.69, 9.17) is 10.3 Å². The Balaban J connectivity index is 2.61. The molecule has 0 fully saturated rings. The van der Waals surface area contributed by atoms with Gasteiger partial charge >= 0.3 is 5.97 Å². The average Bonchev–Trinajstić information content (AvgIpc) is 2.48. The highest BCUT2D eigenvalue weighted by Gasteiger charge is 2.24. The fourth-order valence-corrected chi connectivity index (χ4v) is 2.12. The van der Waals surface area contributed by atoms with Crippen molar-refractivity contribution < 1.29 is 9.53 Å². The molecule has 1 rings (SSSR count). The van der Waals surface area contributed by atoms with E-state index in [1.807, 2.05) is 20.8 Å². The summed E-state index contributed by atoms with van der Waals surface area (Å²) in [5.41, 5.74) is 11.8. The van der Waals surface area contributed by atoms with Crippen LogP contribution in [0, 0.1) is 25.2 Å².